The lowest BCUT2D eigenvalue weighted by molar-refractivity contribution is -0.151. The summed E-state index contributed by atoms with van der Waals surface area (Å²) in [7, 11) is 2.88. The molecule has 3 atom stereocenters. The van der Waals surface area contributed by atoms with Crippen LogP contribution < -0.4 is 4.74 Å². The van der Waals surface area contributed by atoms with Crippen LogP contribution in [0.2, 0.25) is 0 Å². The van der Waals surface area contributed by atoms with Crippen molar-refractivity contribution in [2.75, 3.05) is 20.8 Å². The number of nitrogens with zero attached hydrogens (tertiary/aromatic N) is 1. The first-order chi connectivity index (χ1) is 11.0. The fraction of sp³-hybridized carbons (Fsp3) is 0.529. The summed E-state index contributed by atoms with van der Waals surface area (Å²) in [5.74, 6) is -0.289. The molecule has 1 amide bonds. The maximum absolute atomic E-state index is 12.9. The van der Waals surface area contributed by atoms with Crippen molar-refractivity contribution in [3.05, 3.63) is 29.8 Å². The highest BCUT2D eigenvalue weighted by Crippen LogP contribution is 2.28. The van der Waals surface area contributed by atoms with E-state index >= 15 is 0 Å². The first-order valence-electron chi connectivity index (χ1n) is 7.72. The number of benzene rings is 1. The van der Waals surface area contributed by atoms with Crippen LogP contribution in [0.3, 0.4) is 0 Å². The summed E-state index contributed by atoms with van der Waals surface area (Å²) < 4.78 is 9.88. The first kappa shape index (κ1) is 17.3. The molecule has 0 radical (unpaired) electrons. The number of β-amino-alcohol motifs (C(OH)–C–C–N with tert-alkyl or cyclic N) is 1. The summed E-state index contributed by atoms with van der Waals surface area (Å²) in [5, 5.41) is 9.84. The number of carbonyl (C=O) groups is 2. The van der Waals surface area contributed by atoms with Crippen molar-refractivity contribution < 1.29 is 24.2 Å². The zero-order valence-electron chi connectivity index (χ0n) is 13.7. The number of likely N-dealkylation sites (tertiary alicyclic amines) is 1. The Morgan fingerprint density at radius 3 is 2.48 bits per heavy atom. The first-order valence-corrected chi connectivity index (χ1v) is 7.72. The number of aliphatic hydroxyl groups is 1. The second-order valence-electron chi connectivity index (χ2n) is 5.65. The zero-order chi connectivity index (χ0) is 17.0. The number of esters is 1. The second-order valence-corrected chi connectivity index (χ2v) is 5.65. The average molecular weight is 321 g/mol. The van der Waals surface area contributed by atoms with Crippen molar-refractivity contribution in [1.29, 1.82) is 0 Å². The van der Waals surface area contributed by atoms with E-state index in [1.807, 2.05) is 31.2 Å². The van der Waals surface area contributed by atoms with Gasteiger partial charge in [0.05, 0.1) is 26.2 Å². The van der Waals surface area contributed by atoms with Gasteiger partial charge in [0.25, 0.3) is 0 Å². The third-order valence-corrected chi connectivity index (χ3v) is 4.26. The molecule has 0 spiro atoms. The Kier molecular flexibility index (Phi) is 5.60. The Labute approximate surface area is 136 Å². The molecule has 1 heterocycles. The third kappa shape index (κ3) is 3.64. The van der Waals surface area contributed by atoms with Gasteiger partial charge in [-0.25, -0.2) is 4.79 Å². The highest BCUT2D eigenvalue weighted by molar-refractivity contribution is 5.89. The standard InChI is InChI=1S/C17H23NO5/c1-4-14(11-5-7-13(22-2)8-6-11)16(20)18-10-12(19)9-15(18)17(21)23-3/h5-8,12,14-15,19H,4,9-10H2,1-3H3/t12-,14-,15+/m1/s1. The van der Waals surface area contributed by atoms with E-state index in [0.29, 0.717) is 6.42 Å². The smallest absolute Gasteiger partial charge is 0.328 e. The van der Waals surface area contributed by atoms with E-state index in [1.54, 1.807) is 7.11 Å². The minimum Gasteiger partial charge on any atom is -0.497 e. The van der Waals surface area contributed by atoms with E-state index in [1.165, 1.54) is 12.0 Å². The van der Waals surface area contributed by atoms with Gasteiger partial charge >= 0.3 is 5.97 Å². The van der Waals surface area contributed by atoms with Crippen molar-refractivity contribution >= 4 is 11.9 Å². The van der Waals surface area contributed by atoms with Crippen LogP contribution in [0.1, 0.15) is 31.2 Å². The van der Waals surface area contributed by atoms with Gasteiger partial charge in [-0.15, -0.1) is 0 Å². The minimum atomic E-state index is -0.713. The Balaban J connectivity index is 2.22. The van der Waals surface area contributed by atoms with Gasteiger partial charge in [0.2, 0.25) is 5.91 Å². The molecule has 1 aliphatic rings. The summed E-state index contributed by atoms with van der Waals surface area (Å²) >= 11 is 0. The summed E-state index contributed by atoms with van der Waals surface area (Å²) in [4.78, 5) is 26.2. The van der Waals surface area contributed by atoms with Gasteiger partial charge in [0.15, 0.2) is 0 Å². The average Bonchev–Trinajstić information content (AvgIpc) is 2.97. The van der Waals surface area contributed by atoms with E-state index in [-0.39, 0.29) is 24.8 Å². The number of methoxy groups -OCH3 is 2. The molecule has 1 saturated heterocycles. The molecule has 23 heavy (non-hydrogen) atoms. The molecule has 0 aliphatic carbocycles. The fourth-order valence-corrected chi connectivity index (χ4v) is 3.01. The normalized spacial score (nSPS) is 21.8. The lowest BCUT2D eigenvalue weighted by atomic mass is 9.94. The Hall–Kier alpha value is -2.08. The highest BCUT2D eigenvalue weighted by Gasteiger charge is 2.41. The maximum Gasteiger partial charge on any atom is 0.328 e. The molecule has 2 rings (SSSR count). The lowest BCUT2D eigenvalue weighted by Crippen LogP contribution is -2.43. The molecule has 0 bridgehead atoms. The summed E-state index contributed by atoms with van der Waals surface area (Å²) in [6.45, 7) is 2.08. The zero-order valence-corrected chi connectivity index (χ0v) is 13.7. The lowest BCUT2D eigenvalue weighted by Gasteiger charge is -2.27. The molecule has 1 N–H and O–H groups in total. The molecule has 1 aromatic carbocycles. The number of amides is 1. The van der Waals surface area contributed by atoms with Crippen molar-refractivity contribution in [2.45, 2.75) is 37.8 Å². The van der Waals surface area contributed by atoms with Crippen LogP contribution >= 0.6 is 0 Å². The van der Waals surface area contributed by atoms with E-state index in [9.17, 15) is 14.7 Å². The molecule has 1 aliphatic heterocycles. The van der Waals surface area contributed by atoms with Crippen molar-refractivity contribution in [3.63, 3.8) is 0 Å². The summed E-state index contributed by atoms with van der Waals surface area (Å²) in [6.07, 6.45) is 0.125. The molecule has 6 heteroatoms. The molecule has 1 fully saturated rings. The Bertz CT molecular complexity index is 557. The van der Waals surface area contributed by atoms with E-state index in [2.05, 4.69) is 0 Å². The number of hydrogen-bond acceptors (Lipinski definition) is 5. The van der Waals surface area contributed by atoms with Gasteiger partial charge in [-0.05, 0) is 24.1 Å². The summed E-state index contributed by atoms with van der Waals surface area (Å²) in [5.41, 5.74) is 0.864. The molecular formula is C17H23NO5. The molecular weight excluding hydrogens is 298 g/mol. The van der Waals surface area contributed by atoms with Crippen molar-refractivity contribution in [1.82, 2.24) is 4.90 Å². The van der Waals surface area contributed by atoms with Crippen molar-refractivity contribution in [2.24, 2.45) is 0 Å². The predicted octanol–water partition coefficient (Wildman–Crippen LogP) is 1.32. The van der Waals surface area contributed by atoms with Crippen LogP contribution in [0, 0.1) is 0 Å². The monoisotopic (exact) mass is 321 g/mol. The van der Waals surface area contributed by atoms with Gasteiger partial charge in [-0.3, -0.25) is 4.79 Å². The number of hydrogen-bond donors (Lipinski definition) is 1. The second kappa shape index (κ2) is 7.46. The van der Waals surface area contributed by atoms with Gasteiger partial charge < -0.3 is 19.5 Å². The molecule has 0 aromatic heterocycles. The van der Waals surface area contributed by atoms with Crippen molar-refractivity contribution in [3.8, 4) is 5.75 Å². The summed E-state index contributed by atoms with van der Waals surface area (Å²) in [6, 6.07) is 6.61. The number of rotatable bonds is 5. The molecule has 0 saturated carbocycles. The molecule has 0 unspecified atom stereocenters. The van der Waals surface area contributed by atoms with Gasteiger partial charge in [0.1, 0.15) is 11.8 Å². The Morgan fingerprint density at radius 2 is 1.96 bits per heavy atom. The number of carbonyl (C=O) groups excluding carboxylic acids is 2. The number of ether oxygens (including phenoxy) is 2. The van der Waals surface area contributed by atoms with Crippen LogP contribution in [0.15, 0.2) is 24.3 Å². The topological polar surface area (TPSA) is 76.1 Å². The van der Waals surface area contributed by atoms with Crippen LogP contribution in [0.4, 0.5) is 0 Å². The van der Waals surface area contributed by atoms with E-state index in [4.69, 9.17) is 9.47 Å². The van der Waals surface area contributed by atoms with E-state index in [0.717, 1.165) is 11.3 Å². The van der Waals surface area contributed by atoms with Crippen LogP contribution in [-0.4, -0.2) is 54.8 Å². The molecule has 1 aromatic rings. The highest BCUT2D eigenvalue weighted by atomic mass is 16.5. The predicted molar refractivity (Wildman–Crippen MR) is 84.2 cm³/mol. The van der Waals surface area contributed by atoms with Crippen LogP contribution in [0.5, 0.6) is 5.75 Å². The quantitative estimate of drug-likeness (QED) is 0.828. The number of aliphatic hydroxyl groups excluding tert-OH is 1. The molecule has 126 valence electrons. The van der Waals surface area contributed by atoms with Gasteiger partial charge in [-0.2, -0.15) is 0 Å². The van der Waals surface area contributed by atoms with Gasteiger partial charge in [0, 0.05) is 13.0 Å². The fourth-order valence-electron chi connectivity index (χ4n) is 3.01. The largest absolute Gasteiger partial charge is 0.497 e. The SMILES string of the molecule is CC[C@@H](C(=O)N1C[C@H](O)C[C@H]1C(=O)OC)c1ccc(OC)cc1. The van der Waals surface area contributed by atoms with Gasteiger partial charge in [-0.1, -0.05) is 19.1 Å². The Morgan fingerprint density at radius 1 is 1.30 bits per heavy atom. The third-order valence-electron chi connectivity index (χ3n) is 4.26. The molecule has 6 nitrogen and oxygen atoms in total. The maximum atomic E-state index is 12.9. The van der Waals surface area contributed by atoms with Crippen LogP contribution in [-0.2, 0) is 14.3 Å². The van der Waals surface area contributed by atoms with E-state index < -0.39 is 18.1 Å². The minimum absolute atomic E-state index is 0.158. The van der Waals surface area contributed by atoms with Crippen LogP contribution in [0.25, 0.3) is 0 Å².